The van der Waals surface area contributed by atoms with Crippen molar-refractivity contribution in [2.45, 2.75) is 50.2 Å². The van der Waals surface area contributed by atoms with Crippen LogP contribution in [0, 0.1) is 0 Å². The van der Waals surface area contributed by atoms with Crippen molar-refractivity contribution in [1.29, 1.82) is 0 Å². The SMILES string of the molecule is COc1cccc(C(=O)NC2C[C@H]3CCC[C@@H](C2)[NH+]3CC(=O)Nc2ccccc2)c1. The summed E-state index contributed by atoms with van der Waals surface area (Å²) in [5.74, 6) is 0.692. The largest absolute Gasteiger partial charge is 0.497 e. The molecule has 4 rings (SSSR count). The summed E-state index contributed by atoms with van der Waals surface area (Å²) in [6, 6.07) is 17.8. The van der Waals surface area contributed by atoms with E-state index in [4.69, 9.17) is 4.74 Å². The zero-order valence-electron chi connectivity index (χ0n) is 17.4. The number of nitrogens with one attached hydrogen (secondary N) is 3. The molecular formula is C24H30N3O3+. The molecular weight excluding hydrogens is 378 g/mol. The molecule has 6 nitrogen and oxygen atoms in total. The number of hydrogen-bond acceptors (Lipinski definition) is 3. The molecule has 2 aliphatic heterocycles. The highest BCUT2D eigenvalue weighted by Gasteiger charge is 2.43. The number of fused-ring (bicyclic) bond motifs is 2. The van der Waals surface area contributed by atoms with Gasteiger partial charge in [-0.2, -0.15) is 0 Å². The van der Waals surface area contributed by atoms with Crippen molar-refractivity contribution in [3.05, 3.63) is 60.2 Å². The van der Waals surface area contributed by atoms with Crippen LogP contribution in [0.5, 0.6) is 5.75 Å². The summed E-state index contributed by atoms with van der Waals surface area (Å²) in [5, 5.41) is 6.23. The van der Waals surface area contributed by atoms with Crippen molar-refractivity contribution in [2.75, 3.05) is 19.0 Å². The van der Waals surface area contributed by atoms with Gasteiger partial charge in [0.15, 0.2) is 6.54 Å². The lowest BCUT2D eigenvalue weighted by molar-refractivity contribution is -0.953. The monoisotopic (exact) mass is 408 g/mol. The van der Waals surface area contributed by atoms with Crippen LogP contribution in [0.4, 0.5) is 5.69 Å². The minimum Gasteiger partial charge on any atom is -0.497 e. The van der Waals surface area contributed by atoms with Crippen molar-refractivity contribution in [1.82, 2.24) is 5.32 Å². The van der Waals surface area contributed by atoms with Crippen LogP contribution in [0.25, 0.3) is 0 Å². The highest BCUT2D eigenvalue weighted by Crippen LogP contribution is 2.23. The summed E-state index contributed by atoms with van der Waals surface area (Å²) in [7, 11) is 1.60. The summed E-state index contributed by atoms with van der Waals surface area (Å²) in [6.45, 7) is 0.487. The van der Waals surface area contributed by atoms with Gasteiger partial charge in [-0.25, -0.2) is 0 Å². The van der Waals surface area contributed by atoms with Gasteiger partial charge < -0.3 is 20.3 Å². The number of ether oxygens (including phenoxy) is 1. The van der Waals surface area contributed by atoms with E-state index in [0.717, 1.165) is 31.4 Å². The minimum absolute atomic E-state index is 0.0535. The number of carbonyl (C=O) groups excluding carboxylic acids is 2. The lowest BCUT2D eigenvalue weighted by Gasteiger charge is -2.45. The average Bonchev–Trinajstić information content (AvgIpc) is 2.75. The zero-order valence-corrected chi connectivity index (χ0v) is 17.4. The maximum atomic E-state index is 12.7. The van der Waals surface area contributed by atoms with Crippen LogP contribution in [0.2, 0.25) is 0 Å². The third-order valence-electron chi connectivity index (χ3n) is 6.38. The molecule has 2 heterocycles. The lowest BCUT2D eigenvalue weighted by atomic mass is 9.81. The van der Waals surface area contributed by atoms with Crippen molar-refractivity contribution in [2.24, 2.45) is 0 Å². The van der Waals surface area contributed by atoms with Gasteiger partial charge in [0.2, 0.25) is 0 Å². The van der Waals surface area contributed by atoms with Gasteiger partial charge in [0.1, 0.15) is 5.75 Å². The van der Waals surface area contributed by atoms with Gasteiger partial charge in [-0.15, -0.1) is 0 Å². The van der Waals surface area contributed by atoms with Gasteiger partial charge in [0.25, 0.3) is 11.8 Å². The number of para-hydroxylation sites is 1. The first-order valence-electron chi connectivity index (χ1n) is 10.8. The Hall–Kier alpha value is -2.86. The third-order valence-corrected chi connectivity index (χ3v) is 6.38. The van der Waals surface area contributed by atoms with E-state index in [1.54, 1.807) is 13.2 Å². The second kappa shape index (κ2) is 9.30. The molecule has 30 heavy (non-hydrogen) atoms. The molecule has 4 atom stereocenters. The van der Waals surface area contributed by atoms with Crippen molar-refractivity contribution >= 4 is 17.5 Å². The molecule has 3 N–H and O–H groups in total. The molecule has 6 heteroatoms. The van der Waals surface area contributed by atoms with Crippen LogP contribution in [0.3, 0.4) is 0 Å². The van der Waals surface area contributed by atoms with Crippen molar-refractivity contribution < 1.29 is 19.2 Å². The molecule has 2 saturated heterocycles. The number of hydrogen-bond donors (Lipinski definition) is 3. The maximum Gasteiger partial charge on any atom is 0.279 e. The Kier molecular flexibility index (Phi) is 6.33. The number of benzene rings is 2. The number of anilines is 1. The zero-order chi connectivity index (χ0) is 20.9. The van der Waals surface area contributed by atoms with Crippen LogP contribution in [0.1, 0.15) is 42.5 Å². The van der Waals surface area contributed by atoms with E-state index in [0.29, 0.717) is 29.9 Å². The number of quaternary nitrogens is 1. The Labute approximate surface area is 177 Å². The Bertz CT molecular complexity index is 872. The quantitative estimate of drug-likeness (QED) is 0.685. The van der Waals surface area contributed by atoms with Crippen LogP contribution in [-0.4, -0.2) is 43.6 Å². The van der Waals surface area contributed by atoms with Crippen molar-refractivity contribution in [3.8, 4) is 5.75 Å². The third kappa shape index (κ3) is 4.82. The van der Waals surface area contributed by atoms with E-state index in [9.17, 15) is 9.59 Å². The molecule has 0 saturated carbocycles. The molecule has 2 aromatic carbocycles. The highest BCUT2D eigenvalue weighted by molar-refractivity contribution is 5.94. The van der Waals surface area contributed by atoms with E-state index in [-0.39, 0.29) is 17.9 Å². The standard InChI is InChI=1S/C24H29N3O3/c1-30-22-12-5-7-17(13-22)24(29)26-19-14-20-10-6-11-21(15-19)27(20)16-23(28)25-18-8-3-2-4-9-18/h2-5,7-9,12-13,19-21H,6,10-11,14-16H2,1H3,(H,25,28)(H,26,29)/p+1/t19?,20-,21+. The van der Waals surface area contributed by atoms with Crippen LogP contribution in [0.15, 0.2) is 54.6 Å². The first-order chi connectivity index (χ1) is 14.6. The molecule has 2 unspecified atom stereocenters. The van der Waals surface area contributed by atoms with E-state index in [1.807, 2.05) is 48.5 Å². The molecule has 0 spiro atoms. The van der Waals surface area contributed by atoms with Gasteiger partial charge in [-0.1, -0.05) is 24.3 Å². The van der Waals surface area contributed by atoms with Crippen LogP contribution >= 0.6 is 0 Å². The number of carbonyl (C=O) groups is 2. The van der Waals surface area contributed by atoms with Crippen LogP contribution in [-0.2, 0) is 4.79 Å². The van der Waals surface area contributed by atoms with Gasteiger partial charge in [-0.05, 0) is 49.6 Å². The number of piperidine rings is 2. The number of amides is 2. The van der Waals surface area contributed by atoms with E-state index in [2.05, 4.69) is 10.6 Å². The maximum absolute atomic E-state index is 12.7. The van der Waals surface area contributed by atoms with Gasteiger partial charge in [0.05, 0.1) is 19.2 Å². The predicted molar refractivity (Wildman–Crippen MR) is 116 cm³/mol. The summed E-state index contributed by atoms with van der Waals surface area (Å²) < 4.78 is 5.23. The normalized spacial score (nSPS) is 25.2. The molecule has 2 amide bonds. The number of rotatable bonds is 6. The Morgan fingerprint density at radius 3 is 2.47 bits per heavy atom. The highest BCUT2D eigenvalue weighted by atomic mass is 16.5. The van der Waals surface area contributed by atoms with E-state index >= 15 is 0 Å². The minimum atomic E-state index is -0.0535. The van der Waals surface area contributed by atoms with Gasteiger partial charge in [0, 0.05) is 30.1 Å². The molecule has 2 aliphatic rings. The molecule has 2 fully saturated rings. The molecule has 0 aliphatic carbocycles. The first kappa shape index (κ1) is 20.4. The second-order valence-electron chi connectivity index (χ2n) is 8.36. The molecule has 0 radical (unpaired) electrons. The van der Waals surface area contributed by atoms with Gasteiger partial charge in [-0.3, -0.25) is 9.59 Å². The van der Waals surface area contributed by atoms with E-state index in [1.165, 1.54) is 11.3 Å². The first-order valence-corrected chi connectivity index (χ1v) is 10.8. The Balaban J connectivity index is 1.36. The fourth-order valence-electron chi connectivity index (χ4n) is 4.99. The van der Waals surface area contributed by atoms with E-state index < -0.39 is 0 Å². The summed E-state index contributed by atoms with van der Waals surface area (Å²) in [6.07, 6.45) is 5.25. The van der Waals surface area contributed by atoms with Crippen molar-refractivity contribution in [3.63, 3.8) is 0 Å². The summed E-state index contributed by atoms with van der Waals surface area (Å²) in [5.41, 5.74) is 1.46. The molecule has 158 valence electrons. The smallest absolute Gasteiger partial charge is 0.279 e. The Morgan fingerprint density at radius 2 is 1.77 bits per heavy atom. The molecule has 0 aromatic heterocycles. The summed E-state index contributed by atoms with van der Waals surface area (Å²) >= 11 is 0. The fraction of sp³-hybridized carbons (Fsp3) is 0.417. The molecule has 2 aromatic rings. The lowest BCUT2D eigenvalue weighted by Crippen LogP contribution is -3.22. The Morgan fingerprint density at radius 1 is 1.03 bits per heavy atom. The van der Waals surface area contributed by atoms with Gasteiger partial charge >= 0.3 is 0 Å². The van der Waals surface area contributed by atoms with Crippen LogP contribution < -0.4 is 20.3 Å². The predicted octanol–water partition coefficient (Wildman–Crippen LogP) is 2.03. The fourth-order valence-corrected chi connectivity index (χ4v) is 4.99. The topological polar surface area (TPSA) is 71.9 Å². The second-order valence-corrected chi connectivity index (χ2v) is 8.36. The summed E-state index contributed by atoms with van der Waals surface area (Å²) in [4.78, 5) is 26.7. The average molecular weight is 409 g/mol. The number of methoxy groups -OCH3 is 1. The molecule has 2 bridgehead atoms.